The van der Waals surface area contributed by atoms with Gasteiger partial charge in [-0.05, 0) is 36.8 Å². The van der Waals surface area contributed by atoms with Crippen LogP contribution < -0.4 is 10.3 Å². The lowest BCUT2D eigenvalue weighted by atomic mass is 10.2. The van der Waals surface area contributed by atoms with Gasteiger partial charge in [0.15, 0.2) is 5.01 Å². The van der Waals surface area contributed by atoms with Gasteiger partial charge in [0.25, 0.3) is 5.56 Å². The monoisotopic (exact) mass is 323 g/mol. The minimum absolute atomic E-state index is 0.149. The molecule has 6 heteroatoms. The summed E-state index contributed by atoms with van der Waals surface area (Å²) in [5.41, 5.74) is 1.67. The highest BCUT2D eigenvalue weighted by Gasteiger charge is 2.11. The molecule has 4 aromatic rings. The van der Waals surface area contributed by atoms with Crippen LogP contribution in [0.15, 0.2) is 53.3 Å². The van der Waals surface area contributed by atoms with Gasteiger partial charge in [0.1, 0.15) is 12.4 Å². The molecule has 5 nitrogen and oxygen atoms in total. The maximum Gasteiger partial charge on any atom is 0.283 e. The van der Waals surface area contributed by atoms with Crippen molar-refractivity contribution in [2.24, 2.45) is 0 Å². The smallest absolute Gasteiger partial charge is 0.283 e. The molecule has 2 aromatic carbocycles. The molecule has 0 unspecified atom stereocenters. The van der Waals surface area contributed by atoms with Crippen molar-refractivity contribution >= 4 is 27.2 Å². The van der Waals surface area contributed by atoms with Gasteiger partial charge in [-0.1, -0.05) is 35.6 Å². The van der Waals surface area contributed by atoms with E-state index >= 15 is 0 Å². The number of fused-ring (bicyclic) bond motifs is 2. The first-order chi connectivity index (χ1) is 11.2. The van der Waals surface area contributed by atoms with Gasteiger partial charge in [-0.3, -0.25) is 4.79 Å². The Morgan fingerprint density at radius 3 is 2.91 bits per heavy atom. The predicted octanol–water partition coefficient (Wildman–Crippen LogP) is 3.19. The molecule has 0 fully saturated rings. The molecule has 0 aliphatic heterocycles. The summed E-state index contributed by atoms with van der Waals surface area (Å²) < 4.78 is 7.09. The molecule has 2 heterocycles. The highest BCUT2D eigenvalue weighted by molar-refractivity contribution is 7.16. The molecule has 0 aliphatic carbocycles. The molecule has 114 valence electrons. The van der Waals surface area contributed by atoms with Crippen molar-refractivity contribution < 1.29 is 4.74 Å². The lowest BCUT2D eigenvalue weighted by Gasteiger charge is -2.03. The maximum atomic E-state index is 12.4. The van der Waals surface area contributed by atoms with E-state index in [0.29, 0.717) is 27.5 Å². The third-order valence-electron chi connectivity index (χ3n) is 3.50. The second-order valence-corrected chi connectivity index (χ2v) is 6.27. The SMILES string of the molecule is Cc1cccc(OCc2nn3c(=O)c4ccccc4nc3s2)c1. The molecule has 0 aliphatic rings. The number of nitrogens with zero attached hydrogens (tertiary/aromatic N) is 3. The highest BCUT2D eigenvalue weighted by Crippen LogP contribution is 2.18. The molecule has 0 saturated heterocycles. The van der Waals surface area contributed by atoms with Gasteiger partial charge in [0.05, 0.1) is 10.9 Å². The average molecular weight is 323 g/mol. The van der Waals surface area contributed by atoms with Crippen molar-refractivity contribution in [3.63, 3.8) is 0 Å². The molecule has 4 rings (SSSR count). The topological polar surface area (TPSA) is 56.5 Å². The van der Waals surface area contributed by atoms with Gasteiger partial charge in [0, 0.05) is 0 Å². The van der Waals surface area contributed by atoms with Crippen LogP contribution in [0.2, 0.25) is 0 Å². The summed E-state index contributed by atoms with van der Waals surface area (Å²) in [6, 6.07) is 15.1. The number of aromatic nitrogens is 3. The zero-order valence-corrected chi connectivity index (χ0v) is 13.2. The number of rotatable bonds is 3. The van der Waals surface area contributed by atoms with Crippen molar-refractivity contribution in [2.45, 2.75) is 13.5 Å². The minimum atomic E-state index is -0.149. The zero-order chi connectivity index (χ0) is 15.8. The molecule has 0 N–H and O–H groups in total. The van der Waals surface area contributed by atoms with E-state index in [0.717, 1.165) is 11.3 Å². The summed E-state index contributed by atoms with van der Waals surface area (Å²) in [5.74, 6) is 0.787. The fourth-order valence-corrected chi connectivity index (χ4v) is 3.21. The van der Waals surface area contributed by atoms with E-state index in [1.54, 1.807) is 6.07 Å². The summed E-state index contributed by atoms with van der Waals surface area (Å²) in [6.45, 7) is 2.33. The molecule has 23 heavy (non-hydrogen) atoms. The summed E-state index contributed by atoms with van der Waals surface area (Å²) in [7, 11) is 0. The third kappa shape index (κ3) is 2.57. The first-order valence-electron chi connectivity index (χ1n) is 7.18. The summed E-state index contributed by atoms with van der Waals surface area (Å²) in [4.78, 5) is 17.5. The van der Waals surface area contributed by atoms with E-state index in [1.807, 2.05) is 49.4 Å². The number of hydrogen-bond donors (Lipinski definition) is 0. The Balaban J connectivity index is 1.70. The number of hydrogen-bond acceptors (Lipinski definition) is 5. The molecule has 0 saturated carbocycles. The van der Waals surface area contributed by atoms with E-state index in [-0.39, 0.29) is 5.56 Å². The standard InChI is InChI=1S/C17H13N3O2S/c1-11-5-4-6-12(9-11)22-10-15-19-20-16(21)13-7-2-3-8-14(13)18-17(20)23-15/h2-9H,10H2,1H3. The molecule has 0 bridgehead atoms. The maximum absolute atomic E-state index is 12.4. The number of ether oxygens (including phenoxy) is 1. The quantitative estimate of drug-likeness (QED) is 0.581. The van der Waals surface area contributed by atoms with Crippen molar-refractivity contribution in [1.29, 1.82) is 0 Å². The average Bonchev–Trinajstić information content (AvgIpc) is 2.97. The molecular formula is C17H13N3O2S. The summed E-state index contributed by atoms with van der Waals surface area (Å²) >= 11 is 1.37. The van der Waals surface area contributed by atoms with Crippen LogP contribution in [0.25, 0.3) is 15.9 Å². The second kappa shape index (κ2) is 5.48. The Bertz CT molecular complexity index is 1070. The second-order valence-electron chi connectivity index (χ2n) is 5.23. The van der Waals surface area contributed by atoms with Gasteiger partial charge in [0.2, 0.25) is 4.96 Å². The first kappa shape index (κ1) is 13.9. The van der Waals surface area contributed by atoms with E-state index in [4.69, 9.17) is 4.74 Å². The van der Waals surface area contributed by atoms with Crippen LogP contribution in [0.5, 0.6) is 5.75 Å². The fourth-order valence-electron chi connectivity index (χ4n) is 2.40. The van der Waals surface area contributed by atoms with Gasteiger partial charge >= 0.3 is 0 Å². The van der Waals surface area contributed by atoms with E-state index in [2.05, 4.69) is 10.1 Å². The molecule has 2 aromatic heterocycles. The van der Waals surface area contributed by atoms with Crippen LogP contribution >= 0.6 is 11.3 Å². The zero-order valence-electron chi connectivity index (χ0n) is 12.4. The van der Waals surface area contributed by atoms with Crippen molar-refractivity contribution in [3.8, 4) is 5.75 Å². The van der Waals surface area contributed by atoms with Crippen molar-refractivity contribution in [2.75, 3.05) is 0 Å². The van der Waals surface area contributed by atoms with Gasteiger partial charge in [-0.25, -0.2) is 4.98 Å². The molecule has 0 spiro atoms. The summed E-state index contributed by atoms with van der Waals surface area (Å²) in [6.07, 6.45) is 0. The van der Waals surface area contributed by atoms with Crippen LogP contribution in [-0.4, -0.2) is 14.6 Å². The Labute approximate surface area is 135 Å². The van der Waals surface area contributed by atoms with Crippen LogP contribution in [0.1, 0.15) is 10.6 Å². The van der Waals surface area contributed by atoms with Crippen molar-refractivity contribution in [3.05, 3.63) is 69.5 Å². The number of benzene rings is 2. The number of aryl methyl sites for hydroxylation is 1. The highest BCUT2D eigenvalue weighted by atomic mass is 32.1. The third-order valence-corrected chi connectivity index (χ3v) is 4.38. The van der Waals surface area contributed by atoms with Crippen LogP contribution in [0, 0.1) is 6.92 Å². The van der Waals surface area contributed by atoms with Gasteiger partial charge in [-0.2, -0.15) is 9.61 Å². The lowest BCUT2D eigenvalue weighted by Crippen LogP contribution is -2.15. The Kier molecular flexibility index (Phi) is 3.31. The molecule has 0 atom stereocenters. The van der Waals surface area contributed by atoms with Crippen molar-refractivity contribution in [1.82, 2.24) is 14.6 Å². The van der Waals surface area contributed by atoms with Gasteiger partial charge in [-0.15, -0.1) is 0 Å². The first-order valence-corrected chi connectivity index (χ1v) is 7.99. The minimum Gasteiger partial charge on any atom is -0.486 e. The predicted molar refractivity (Wildman–Crippen MR) is 90.2 cm³/mol. The van der Waals surface area contributed by atoms with Crippen LogP contribution in [0.3, 0.4) is 0 Å². The van der Waals surface area contributed by atoms with E-state index in [9.17, 15) is 4.79 Å². The summed E-state index contributed by atoms with van der Waals surface area (Å²) in [5, 5.41) is 5.62. The largest absolute Gasteiger partial charge is 0.486 e. The molecule has 0 amide bonds. The van der Waals surface area contributed by atoms with Gasteiger partial charge < -0.3 is 4.74 Å². The Morgan fingerprint density at radius 1 is 1.17 bits per heavy atom. The normalized spacial score (nSPS) is 11.2. The lowest BCUT2D eigenvalue weighted by molar-refractivity contribution is 0.304. The Hall–Kier alpha value is -2.73. The fraction of sp³-hybridized carbons (Fsp3) is 0.118. The molecular weight excluding hydrogens is 310 g/mol. The molecule has 0 radical (unpaired) electrons. The van der Waals surface area contributed by atoms with Crippen LogP contribution in [0.4, 0.5) is 0 Å². The van der Waals surface area contributed by atoms with E-state index < -0.39 is 0 Å². The van der Waals surface area contributed by atoms with Crippen LogP contribution in [-0.2, 0) is 6.61 Å². The Morgan fingerprint density at radius 2 is 2.04 bits per heavy atom. The number of para-hydroxylation sites is 1. The van der Waals surface area contributed by atoms with E-state index in [1.165, 1.54) is 15.9 Å².